The van der Waals surface area contributed by atoms with E-state index >= 15 is 0 Å². The number of ether oxygens (including phenoxy) is 1. The summed E-state index contributed by atoms with van der Waals surface area (Å²) in [7, 11) is 0. The Labute approximate surface area is 150 Å². The molecule has 0 amide bonds. The van der Waals surface area contributed by atoms with E-state index < -0.39 is 5.72 Å². The Morgan fingerprint density at radius 1 is 1.29 bits per heavy atom. The summed E-state index contributed by atoms with van der Waals surface area (Å²) < 4.78 is 6.38. The highest BCUT2D eigenvalue weighted by molar-refractivity contribution is 7.80. The molecule has 126 valence electrons. The summed E-state index contributed by atoms with van der Waals surface area (Å²) in [5.74, 6) is 1.16. The maximum atomic E-state index is 9.91. The number of hydrogen-bond acceptors (Lipinski definition) is 4. The molecule has 3 N–H and O–H groups in total. The number of thiophene rings is 1. The number of hydrogen-bond donors (Lipinski definition) is 3. The third-order valence-electron chi connectivity index (χ3n) is 4.62. The lowest BCUT2D eigenvalue weighted by atomic mass is 9.79. The van der Waals surface area contributed by atoms with Gasteiger partial charge < -0.3 is 20.5 Å². The van der Waals surface area contributed by atoms with Crippen molar-refractivity contribution in [2.45, 2.75) is 43.9 Å². The smallest absolute Gasteiger partial charge is 0.185 e. The molecule has 0 aliphatic carbocycles. The zero-order valence-electron chi connectivity index (χ0n) is 13.6. The first-order valence-electron chi connectivity index (χ1n) is 8.02. The van der Waals surface area contributed by atoms with E-state index in [1.54, 1.807) is 23.5 Å². The first-order valence-corrected chi connectivity index (χ1v) is 9.30. The van der Waals surface area contributed by atoms with Crippen molar-refractivity contribution >= 4 is 28.7 Å². The van der Waals surface area contributed by atoms with Gasteiger partial charge in [-0.05, 0) is 43.6 Å². The first-order chi connectivity index (χ1) is 11.4. The van der Waals surface area contributed by atoms with Crippen molar-refractivity contribution < 1.29 is 9.84 Å². The van der Waals surface area contributed by atoms with Crippen LogP contribution in [0.5, 0.6) is 11.5 Å². The molecule has 1 aromatic heterocycles. The average Bonchev–Trinajstić information content (AvgIpc) is 2.97. The predicted octanol–water partition coefficient (Wildman–Crippen LogP) is 3.71. The molecule has 1 spiro atoms. The largest absolute Gasteiger partial charge is 0.508 e. The maximum absolute atomic E-state index is 9.91. The van der Waals surface area contributed by atoms with Crippen molar-refractivity contribution in [3.63, 3.8) is 0 Å². The zero-order valence-corrected chi connectivity index (χ0v) is 15.3. The molecule has 0 bridgehead atoms. The fourth-order valence-corrected chi connectivity index (χ4v) is 5.18. The normalized spacial score (nSPS) is 27.8. The summed E-state index contributed by atoms with van der Waals surface area (Å²) in [6.07, 6.45) is 1.58. The van der Waals surface area contributed by atoms with Gasteiger partial charge in [0.25, 0.3) is 0 Å². The highest BCUT2D eigenvalue weighted by Gasteiger charge is 2.48. The van der Waals surface area contributed by atoms with Crippen molar-refractivity contribution in [3.8, 4) is 11.5 Å². The minimum Gasteiger partial charge on any atom is -0.508 e. The van der Waals surface area contributed by atoms with Crippen LogP contribution in [-0.2, 0) is 0 Å². The predicted molar refractivity (Wildman–Crippen MR) is 99.8 cm³/mol. The number of phenolic OH excluding ortho intramolecular Hbond substituents is 1. The molecular formula is C18H20N2O2S2. The van der Waals surface area contributed by atoms with Gasteiger partial charge in [-0.1, -0.05) is 12.1 Å². The van der Waals surface area contributed by atoms with E-state index in [0.717, 1.165) is 24.2 Å². The molecule has 2 aromatic rings. The van der Waals surface area contributed by atoms with Crippen LogP contribution in [0.25, 0.3) is 0 Å². The molecule has 2 aliphatic rings. The van der Waals surface area contributed by atoms with Crippen molar-refractivity contribution in [2.24, 2.45) is 0 Å². The van der Waals surface area contributed by atoms with Gasteiger partial charge in [-0.25, -0.2) is 0 Å². The van der Waals surface area contributed by atoms with E-state index in [1.165, 1.54) is 4.88 Å². The van der Waals surface area contributed by atoms with Crippen molar-refractivity contribution in [1.29, 1.82) is 0 Å². The quantitative estimate of drug-likeness (QED) is 0.677. The van der Waals surface area contributed by atoms with Crippen molar-refractivity contribution in [2.75, 3.05) is 0 Å². The Morgan fingerprint density at radius 2 is 2.12 bits per heavy atom. The van der Waals surface area contributed by atoms with Gasteiger partial charge in [0.15, 0.2) is 10.8 Å². The lowest BCUT2D eigenvalue weighted by Crippen LogP contribution is -2.69. The number of thiocarbonyl (C=S) groups is 1. The van der Waals surface area contributed by atoms with Crippen LogP contribution >= 0.6 is 23.6 Å². The van der Waals surface area contributed by atoms with E-state index in [2.05, 4.69) is 42.0 Å². The van der Waals surface area contributed by atoms with E-state index in [1.807, 2.05) is 6.07 Å². The molecular weight excluding hydrogens is 340 g/mol. The van der Waals surface area contributed by atoms with Gasteiger partial charge in [0.2, 0.25) is 0 Å². The molecule has 1 saturated heterocycles. The lowest BCUT2D eigenvalue weighted by Gasteiger charge is -2.50. The van der Waals surface area contributed by atoms with Gasteiger partial charge in [-0.2, -0.15) is 0 Å². The molecule has 0 radical (unpaired) electrons. The highest BCUT2D eigenvalue weighted by Crippen LogP contribution is 2.48. The van der Waals surface area contributed by atoms with E-state index in [0.29, 0.717) is 5.11 Å². The summed E-state index contributed by atoms with van der Waals surface area (Å²) in [6.45, 7) is 4.26. The molecule has 0 saturated carbocycles. The Morgan fingerprint density at radius 3 is 2.83 bits per heavy atom. The Balaban J connectivity index is 1.81. The van der Waals surface area contributed by atoms with Gasteiger partial charge in [-0.3, -0.25) is 0 Å². The molecule has 24 heavy (non-hydrogen) atoms. The molecule has 2 aliphatic heterocycles. The number of nitrogens with one attached hydrogen (secondary N) is 2. The fraction of sp³-hybridized carbons (Fsp3) is 0.389. The average molecular weight is 361 g/mol. The molecule has 3 heterocycles. The van der Waals surface area contributed by atoms with Crippen LogP contribution in [0.1, 0.15) is 43.0 Å². The van der Waals surface area contributed by atoms with Crippen LogP contribution in [0.2, 0.25) is 0 Å². The molecule has 1 aromatic carbocycles. The summed E-state index contributed by atoms with van der Waals surface area (Å²) in [5.41, 5.74) is 0.391. The summed E-state index contributed by atoms with van der Waals surface area (Å²) in [4.78, 5) is 1.30. The second-order valence-electron chi connectivity index (χ2n) is 7.23. The number of benzene rings is 1. The maximum Gasteiger partial charge on any atom is 0.185 e. The van der Waals surface area contributed by atoms with E-state index in [-0.39, 0.29) is 17.2 Å². The zero-order chi connectivity index (χ0) is 16.9. The number of phenols is 1. The van der Waals surface area contributed by atoms with E-state index in [9.17, 15) is 5.11 Å². The number of aromatic hydroxyl groups is 1. The van der Waals surface area contributed by atoms with Crippen LogP contribution in [-0.4, -0.2) is 21.5 Å². The van der Waals surface area contributed by atoms with Crippen molar-refractivity contribution in [1.82, 2.24) is 10.6 Å². The number of fused-ring (bicyclic) bond motifs is 1. The first kappa shape index (κ1) is 15.7. The minimum atomic E-state index is -0.568. The van der Waals surface area contributed by atoms with Crippen LogP contribution in [0.4, 0.5) is 0 Å². The van der Waals surface area contributed by atoms with Crippen molar-refractivity contribution in [3.05, 3.63) is 46.2 Å². The fourth-order valence-electron chi connectivity index (χ4n) is 3.87. The third-order valence-corrected chi connectivity index (χ3v) is 5.81. The van der Waals surface area contributed by atoms with Gasteiger partial charge in [0, 0.05) is 40.8 Å². The summed E-state index contributed by atoms with van der Waals surface area (Å²) in [5, 5.41) is 19.3. The minimum absolute atomic E-state index is 0.156. The van der Waals surface area contributed by atoms with Gasteiger partial charge >= 0.3 is 0 Å². The summed E-state index contributed by atoms with van der Waals surface area (Å²) in [6, 6.07) is 9.64. The Kier molecular flexibility index (Phi) is 3.51. The highest BCUT2D eigenvalue weighted by atomic mass is 32.1. The van der Waals surface area contributed by atoms with E-state index in [4.69, 9.17) is 17.0 Å². The molecule has 4 nitrogen and oxygen atoms in total. The molecule has 6 heteroatoms. The second kappa shape index (κ2) is 5.36. The van der Waals surface area contributed by atoms with Crippen LogP contribution < -0.4 is 15.4 Å². The Bertz CT molecular complexity index is 788. The molecule has 4 rings (SSSR count). The second-order valence-corrected chi connectivity index (χ2v) is 8.62. The van der Waals surface area contributed by atoms with Crippen LogP contribution in [0.15, 0.2) is 35.7 Å². The van der Waals surface area contributed by atoms with Gasteiger partial charge in [0.05, 0.1) is 0 Å². The SMILES string of the molecule is CC1(C)C[C@@]2(C[C@@H](c3cccs3)c3ccc(O)cc3O2)NC(=S)N1. The Hall–Kier alpha value is -1.79. The summed E-state index contributed by atoms with van der Waals surface area (Å²) >= 11 is 7.17. The lowest BCUT2D eigenvalue weighted by molar-refractivity contribution is -0.0125. The third kappa shape index (κ3) is 2.74. The molecule has 1 fully saturated rings. The topological polar surface area (TPSA) is 53.5 Å². The number of rotatable bonds is 1. The molecule has 2 atom stereocenters. The monoisotopic (exact) mass is 360 g/mol. The molecule has 0 unspecified atom stereocenters. The van der Waals surface area contributed by atoms with Gasteiger partial charge in [-0.15, -0.1) is 11.3 Å². The standard InChI is InChI=1S/C18H20N2O2S2/c1-17(2)10-18(20-16(23)19-17)9-13(15-4-3-7-24-15)12-6-5-11(21)8-14(12)22-18/h3-8,13,21H,9-10H2,1-2H3,(H2,19,20,23)/t13-,18+/m1/s1. The van der Waals surface area contributed by atoms with Crippen LogP contribution in [0.3, 0.4) is 0 Å². The van der Waals surface area contributed by atoms with Crippen LogP contribution in [0, 0.1) is 0 Å². The van der Waals surface area contributed by atoms with Gasteiger partial charge in [0.1, 0.15) is 11.5 Å².